The number of rotatable bonds is 8. The summed E-state index contributed by atoms with van der Waals surface area (Å²) in [6.45, 7) is 10.3. The molecule has 0 spiro atoms. The number of nitrogens with zero attached hydrogens (tertiary/aromatic N) is 2. The van der Waals surface area contributed by atoms with Gasteiger partial charge in [0.15, 0.2) is 0 Å². The predicted octanol–water partition coefficient (Wildman–Crippen LogP) is 2.73. The largest absolute Gasteiger partial charge is 0.355 e. The fourth-order valence-corrected chi connectivity index (χ4v) is 2.88. The van der Waals surface area contributed by atoms with Crippen LogP contribution in [0.25, 0.3) is 11.0 Å². The fraction of sp³-hybridized carbons (Fsp3) is 0.556. The van der Waals surface area contributed by atoms with Crippen LogP contribution in [-0.2, 0) is 11.2 Å². The van der Waals surface area contributed by atoms with Gasteiger partial charge in [0.2, 0.25) is 5.91 Å². The third-order valence-electron chi connectivity index (χ3n) is 4.05. The van der Waals surface area contributed by atoms with Crippen molar-refractivity contribution in [3.8, 4) is 0 Å². The number of nitrogens with one attached hydrogen (secondary N) is 2. The first-order valence-electron chi connectivity index (χ1n) is 8.43. The Labute approximate surface area is 138 Å². The molecule has 0 bridgehead atoms. The standard InChI is InChI=1S/C18H28N4O/c1-13(2)22(14(3)4)12-11-19-18(23)10-9-17-20-15-7-5-6-8-16(15)21-17/h5-8,13-14H,9-12H2,1-4H3,(H,19,23)(H,20,21). The zero-order chi connectivity index (χ0) is 16.8. The summed E-state index contributed by atoms with van der Waals surface area (Å²) < 4.78 is 0. The molecule has 23 heavy (non-hydrogen) atoms. The highest BCUT2D eigenvalue weighted by Crippen LogP contribution is 2.11. The first kappa shape index (κ1) is 17.5. The first-order valence-corrected chi connectivity index (χ1v) is 8.43. The molecule has 126 valence electrons. The van der Waals surface area contributed by atoms with E-state index < -0.39 is 0 Å². The predicted molar refractivity (Wildman–Crippen MR) is 94.4 cm³/mol. The Bertz CT molecular complexity index is 592. The minimum absolute atomic E-state index is 0.0814. The summed E-state index contributed by atoms with van der Waals surface area (Å²) in [4.78, 5) is 22.1. The maximum absolute atomic E-state index is 12.0. The number of benzene rings is 1. The van der Waals surface area contributed by atoms with Crippen LogP contribution in [0.4, 0.5) is 0 Å². The first-order chi connectivity index (χ1) is 11.0. The number of fused-ring (bicyclic) bond motifs is 1. The second-order valence-electron chi connectivity index (χ2n) is 6.48. The number of aryl methyl sites for hydroxylation is 1. The van der Waals surface area contributed by atoms with Crippen molar-refractivity contribution in [3.63, 3.8) is 0 Å². The number of hydrogen-bond acceptors (Lipinski definition) is 3. The number of aromatic nitrogens is 2. The van der Waals surface area contributed by atoms with Crippen LogP contribution in [0.3, 0.4) is 0 Å². The van der Waals surface area contributed by atoms with Gasteiger partial charge in [-0.15, -0.1) is 0 Å². The van der Waals surface area contributed by atoms with Crippen LogP contribution in [-0.4, -0.2) is 45.9 Å². The van der Waals surface area contributed by atoms with Crippen LogP contribution in [0, 0.1) is 0 Å². The number of aromatic amines is 1. The molecule has 1 aromatic heterocycles. The molecule has 0 aliphatic rings. The minimum Gasteiger partial charge on any atom is -0.355 e. The number of hydrogen-bond donors (Lipinski definition) is 2. The van der Waals surface area contributed by atoms with Gasteiger partial charge in [-0.25, -0.2) is 4.98 Å². The fourth-order valence-electron chi connectivity index (χ4n) is 2.88. The van der Waals surface area contributed by atoms with Crippen LogP contribution in [0.2, 0.25) is 0 Å². The van der Waals surface area contributed by atoms with E-state index in [1.165, 1.54) is 0 Å². The van der Waals surface area contributed by atoms with E-state index in [0.29, 0.717) is 31.5 Å². The highest BCUT2D eigenvalue weighted by molar-refractivity contribution is 5.77. The van der Waals surface area contributed by atoms with E-state index in [2.05, 4.69) is 47.9 Å². The van der Waals surface area contributed by atoms with E-state index in [1.807, 2.05) is 24.3 Å². The van der Waals surface area contributed by atoms with Crippen molar-refractivity contribution >= 4 is 16.9 Å². The Hall–Kier alpha value is -1.88. The molecule has 0 unspecified atom stereocenters. The quantitative estimate of drug-likeness (QED) is 0.787. The van der Waals surface area contributed by atoms with Gasteiger partial charge in [0.1, 0.15) is 5.82 Å². The van der Waals surface area contributed by atoms with Crippen molar-refractivity contribution in [3.05, 3.63) is 30.1 Å². The zero-order valence-electron chi connectivity index (χ0n) is 14.6. The average Bonchev–Trinajstić information content (AvgIpc) is 2.91. The summed E-state index contributed by atoms with van der Waals surface area (Å²) in [7, 11) is 0. The number of carbonyl (C=O) groups is 1. The molecule has 2 aromatic rings. The molecule has 1 amide bonds. The number of imidazole rings is 1. The Balaban J connectivity index is 1.74. The number of para-hydroxylation sites is 2. The van der Waals surface area contributed by atoms with Gasteiger partial charge in [-0.1, -0.05) is 12.1 Å². The monoisotopic (exact) mass is 316 g/mol. The molecular weight excluding hydrogens is 288 g/mol. The normalized spacial score (nSPS) is 11.8. The molecule has 0 atom stereocenters. The molecule has 5 nitrogen and oxygen atoms in total. The molecule has 0 aliphatic carbocycles. The van der Waals surface area contributed by atoms with Crippen molar-refractivity contribution in [2.45, 2.75) is 52.6 Å². The molecule has 2 N–H and O–H groups in total. The molecule has 0 radical (unpaired) electrons. The molecule has 0 saturated carbocycles. The van der Waals surface area contributed by atoms with Crippen molar-refractivity contribution in [2.75, 3.05) is 13.1 Å². The topological polar surface area (TPSA) is 61.0 Å². The van der Waals surface area contributed by atoms with Crippen LogP contribution in [0.1, 0.15) is 39.9 Å². The lowest BCUT2D eigenvalue weighted by molar-refractivity contribution is -0.121. The van der Waals surface area contributed by atoms with Crippen LogP contribution >= 0.6 is 0 Å². The summed E-state index contributed by atoms with van der Waals surface area (Å²) in [6.07, 6.45) is 1.10. The molecule has 0 saturated heterocycles. The molecular formula is C18H28N4O. The number of carbonyl (C=O) groups excluding carboxylic acids is 1. The van der Waals surface area contributed by atoms with Crippen LogP contribution < -0.4 is 5.32 Å². The summed E-state index contributed by atoms with van der Waals surface area (Å²) in [6, 6.07) is 8.89. The lowest BCUT2D eigenvalue weighted by Crippen LogP contribution is -2.42. The summed E-state index contributed by atoms with van der Waals surface area (Å²) in [5.41, 5.74) is 1.97. The van der Waals surface area contributed by atoms with Gasteiger partial charge in [-0.2, -0.15) is 0 Å². The van der Waals surface area contributed by atoms with E-state index in [0.717, 1.165) is 23.4 Å². The van der Waals surface area contributed by atoms with Crippen molar-refractivity contribution in [2.24, 2.45) is 0 Å². The lowest BCUT2D eigenvalue weighted by Gasteiger charge is -2.30. The van der Waals surface area contributed by atoms with Crippen molar-refractivity contribution in [1.29, 1.82) is 0 Å². The highest BCUT2D eigenvalue weighted by atomic mass is 16.1. The molecule has 2 rings (SSSR count). The highest BCUT2D eigenvalue weighted by Gasteiger charge is 2.13. The van der Waals surface area contributed by atoms with Crippen molar-refractivity contribution in [1.82, 2.24) is 20.2 Å². The lowest BCUT2D eigenvalue weighted by atomic mass is 10.2. The number of H-pyrrole nitrogens is 1. The smallest absolute Gasteiger partial charge is 0.220 e. The van der Waals surface area contributed by atoms with E-state index >= 15 is 0 Å². The maximum Gasteiger partial charge on any atom is 0.220 e. The second-order valence-corrected chi connectivity index (χ2v) is 6.48. The Kier molecular flexibility index (Phi) is 6.16. The van der Waals surface area contributed by atoms with E-state index in [4.69, 9.17) is 0 Å². The van der Waals surface area contributed by atoms with Crippen LogP contribution in [0.5, 0.6) is 0 Å². The molecule has 1 aromatic carbocycles. The van der Waals surface area contributed by atoms with Gasteiger partial charge in [0.25, 0.3) is 0 Å². The zero-order valence-corrected chi connectivity index (χ0v) is 14.6. The third kappa shape index (κ3) is 5.06. The summed E-state index contributed by atoms with van der Waals surface area (Å²) >= 11 is 0. The molecule has 0 fully saturated rings. The summed E-state index contributed by atoms with van der Waals surface area (Å²) in [5, 5.41) is 3.00. The Morgan fingerprint density at radius 3 is 2.57 bits per heavy atom. The average molecular weight is 316 g/mol. The van der Waals surface area contributed by atoms with Crippen molar-refractivity contribution < 1.29 is 4.79 Å². The number of amides is 1. The van der Waals surface area contributed by atoms with E-state index in [9.17, 15) is 4.79 Å². The third-order valence-corrected chi connectivity index (χ3v) is 4.05. The van der Waals surface area contributed by atoms with Gasteiger partial charge >= 0.3 is 0 Å². The van der Waals surface area contributed by atoms with E-state index in [1.54, 1.807) is 0 Å². The van der Waals surface area contributed by atoms with Gasteiger partial charge < -0.3 is 10.3 Å². The van der Waals surface area contributed by atoms with E-state index in [-0.39, 0.29) is 5.91 Å². The maximum atomic E-state index is 12.0. The molecule has 1 heterocycles. The van der Waals surface area contributed by atoms with Gasteiger partial charge in [-0.05, 0) is 39.8 Å². The van der Waals surface area contributed by atoms with Gasteiger partial charge in [-0.3, -0.25) is 9.69 Å². The Morgan fingerprint density at radius 2 is 1.91 bits per heavy atom. The second kappa shape index (κ2) is 8.11. The minimum atomic E-state index is 0.0814. The Morgan fingerprint density at radius 1 is 1.22 bits per heavy atom. The molecule has 5 heteroatoms. The van der Waals surface area contributed by atoms with Gasteiger partial charge in [0, 0.05) is 38.0 Å². The summed E-state index contributed by atoms with van der Waals surface area (Å²) in [5.74, 6) is 0.949. The van der Waals surface area contributed by atoms with Crippen LogP contribution in [0.15, 0.2) is 24.3 Å². The SMILES string of the molecule is CC(C)N(CCNC(=O)CCc1nc2ccccc2[nH]1)C(C)C. The van der Waals surface area contributed by atoms with Gasteiger partial charge in [0.05, 0.1) is 11.0 Å². The molecule has 0 aliphatic heterocycles.